The van der Waals surface area contributed by atoms with Gasteiger partial charge in [0.15, 0.2) is 0 Å². The molecule has 0 aromatic carbocycles. The predicted molar refractivity (Wildman–Crippen MR) is 40.3 cm³/mol. The molecule has 0 spiro atoms. The van der Waals surface area contributed by atoms with Crippen LogP contribution in [0.2, 0.25) is 0 Å². The highest BCUT2D eigenvalue weighted by atomic mass is 19.4. The number of alkyl halides is 3. The smallest absolute Gasteiger partial charge is 0.246 e. The molecule has 0 unspecified atom stereocenters. The van der Waals surface area contributed by atoms with E-state index in [9.17, 15) is 13.2 Å². The lowest BCUT2D eigenvalue weighted by atomic mass is 9.39. The molecule has 1 aromatic heterocycles. The first-order valence-corrected chi connectivity index (χ1v) is 4.41. The fourth-order valence-electron chi connectivity index (χ4n) is 2.74. The van der Waals surface area contributed by atoms with E-state index in [1.54, 1.807) is 10.9 Å². The average molecular weight is 203 g/mol. The summed E-state index contributed by atoms with van der Waals surface area (Å²) in [5.41, 5.74) is -1.77. The maximum absolute atomic E-state index is 12.5. The van der Waals surface area contributed by atoms with Crippen molar-refractivity contribution in [1.29, 1.82) is 0 Å². The summed E-state index contributed by atoms with van der Waals surface area (Å²) >= 11 is 0. The molecule has 6 heteroatoms. The summed E-state index contributed by atoms with van der Waals surface area (Å²) in [5.74, 6) is 0. The van der Waals surface area contributed by atoms with Gasteiger partial charge in [-0.15, -0.1) is 5.10 Å². The van der Waals surface area contributed by atoms with Crippen LogP contribution >= 0.6 is 0 Å². The first-order chi connectivity index (χ1) is 6.48. The Morgan fingerprint density at radius 3 is 2.29 bits per heavy atom. The topological polar surface area (TPSA) is 30.7 Å². The molecule has 1 heterocycles. The van der Waals surface area contributed by atoms with Crippen LogP contribution in [0.5, 0.6) is 0 Å². The van der Waals surface area contributed by atoms with E-state index in [4.69, 9.17) is 0 Å². The summed E-state index contributed by atoms with van der Waals surface area (Å²) in [4.78, 5) is 0. The molecule has 3 aliphatic carbocycles. The third-order valence-electron chi connectivity index (χ3n) is 3.51. The van der Waals surface area contributed by atoms with Gasteiger partial charge in [0.05, 0.1) is 17.2 Å². The fourth-order valence-corrected chi connectivity index (χ4v) is 2.74. The van der Waals surface area contributed by atoms with Crippen molar-refractivity contribution in [3.63, 3.8) is 0 Å². The molecule has 0 amide bonds. The third-order valence-corrected chi connectivity index (χ3v) is 3.51. The van der Waals surface area contributed by atoms with Crippen molar-refractivity contribution < 1.29 is 13.2 Å². The summed E-state index contributed by atoms with van der Waals surface area (Å²) in [5, 5.41) is 7.37. The number of nitrogens with zero attached hydrogens (tertiary/aromatic N) is 3. The summed E-state index contributed by atoms with van der Waals surface area (Å²) in [6, 6.07) is 0. The number of rotatable bonds is 1. The molecule has 3 nitrogen and oxygen atoms in total. The van der Waals surface area contributed by atoms with Crippen LogP contribution in [0.3, 0.4) is 0 Å². The summed E-state index contributed by atoms with van der Waals surface area (Å²) in [6.07, 6.45) is -0.387. The zero-order chi connectivity index (χ0) is 10.0. The van der Waals surface area contributed by atoms with E-state index < -0.39 is 11.6 Å². The van der Waals surface area contributed by atoms with E-state index in [1.165, 1.54) is 6.20 Å². The molecule has 14 heavy (non-hydrogen) atoms. The highest BCUT2D eigenvalue weighted by Crippen LogP contribution is 2.76. The molecule has 0 aliphatic heterocycles. The van der Waals surface area contributed by atoms with Crippen molar-refractivity contribution in [2.24, 2.45) is 5.41 Å². The molecule has 0 radical (unpaired) electrons. The summed E-state index contributed by atoms with van der Waals surface area (Å²) < 4.78 is 39.0. The van der Waals surface area contributed by atoms with Gasteiger partial charge in [0.1, 0.15) is 0 Å². The van der Waals surface area contributed by atoms with Gasteiger partial charge in [-0.05, 0) is 19.3 Å². The lowest BCUT2D eigenvalue weighted by Gasteiger charge is -2.69. The van der Waals surface area contributed by atoms with Gasteiger partial charge in [0.25, 0.3) is 0 Å². The highest BCUT2D eigenvalue weighted by Gasteiger charge is 2.79. The Kier molecular flexibility index (Phi) is 1.16. The molecule has 0 saturated heterocycles. The maximum Gasteiger partial charge on any atom is 0.394 e. The standard InChI is InChI=1S/C8H8F3N3/c9-8(10,11)6-3-7(4-6,5-6)14-2-1-12-13-14/h1-2H,3-5H2. The van der Waals surface area contributed by atoms with Crippen LogP contribution in [0.4, 0.5) is 13.2 Å². The molecule has 3 aliphatic rings. The van der Waals surface area contributed by atoms with E-state index in [1.807, 2.05) is 0 Å². The maximum atomic E-state index is 12.5. The Labute approximate surface area is 77.9 Å². The zero-order valence-electron chi connectivity index (χ0n) is 7.25. The Morgan fingerprint density at radius 1 is 1.21 bits per heavy atom. The van der Waals surface area contributed by atoms with Gasteiger partial charge in [0.2, 0.25) is 0 Å². The highest BCUT2D eigenvalue weighted by molar-refractivity contribution is 5.22. The normalized spacial score (nSPS) is 40.2. The van der Waals surface area contributed by atoms with Crippen LogP contribution in [0.15, 0.2) is 12.4 Å². The van der Waals surface area contributed by atoms with Gasteiger partial charge >= 0.3 is 6.18 Å². The second kappa shape index (κ2) is 1.97. The van der Waals surface area contributed by atoms with Crippen molar-refractivity contribution in [1.82, 2.24) is 15.0 Å². The second-order valence-corrected chi connectivity index (χ2v) is 4.38. The summed E-state index contributed by atoms with van der Waals surface area (Å²) in [6.45, 7) is 0. The van der Waals surface area contributed by atoms with E-state index in [0.29, 0.717) is 0 Å². The van der Waals surface area contributed by atoms with E-state index in [2.05, 4.69) is 10.3 Å². The minimum absolute atomic E-state index is 0.173. The number of hydrogen-bond acceptors (Lipinski definition) is 2. The number of hydrogen-bond donors (Lipinski definition) is 0. The molecule has 3 saturated carbocycles. The molecular formula is C8H8F3N3. The lowest BCUT2D eigenvalue weighted by molar-refractivity contribution is -0.356. The third kappa shape index (κ3) is 0.711. The molecule has 1 aromatic rings. The summed E-state index contributed by atoms with van der Waals surface area (Å²) in [7, 11) is 0. The molecular weight excluding hydrogens is 195 g/mol. The Hall–Kier alpha value is -1.07. The van der Waals surface area contributed by atoms with Gasteiger partial charge < -0.3 is 0 Å². The molecule has 2 bridgehead atoms. The molecule has 3 fully saturated rings. The zero-order valence-corrected chi connectivity index (χ0v) is 7.25. The van der Waals surface area contributed by atoms with Crippen LogP contribution in [0.1, 0.15) is 19.3 Å². The minimum Gasteiger partial charge on any atom is -0.246 e. The quantitative estimate of drug-likeness (QED) is 0.695. The van der Waals surface area contributed by atoms with E-state index in [-0.39, 0.29) is 24.8 Å². The average Bonchev–Trinajstić information content (AvgIpc) is 2.28. The SMILES string of the molecule is FC(F)(F)C12CC(n3ccnn3)(C1)C2. The predicted octanol–water partition coefficient (Wildman–Crippen LogP) is 1.72. The minimum atomic E-state index is -4.05. The van der Waals surface area contributed by atoms with Gasteiger partial charge in [-0.1, -0.05) is 5.21 Å². The molecule has 0 atom stereocenters. The van der Waals surface area contributed by atoms with Crippen molar-refractivity contribution in [2.75, 3.05) is 0 Å². The van der Waals surface area contributed by atoms with Crippen LogP contribution < -0.4 is 0 Å². The first-order valence-electron chi connectivity index (χ1n) is 4.41. The Balaban J connectivity index is 1.82. The Morgan fingerprint density at radius 2 is 1.86 bits per heavy atom. The molecule has 4 rings (SSSR count). The van der Waals surface area contributed by atoms with Gasteiger partial charge in [-0.3, -0.25) is 0 Å². The molecule has 76 valence electrons. The van der Waals surface area contributed by atoms with E-state index >= 15 is 0 Å². The second-order valence-electron chi connectivity index (χ2n) is 4.38. The molecule has 0 N–H and O–H groups in total. The Bertz CT molecular complexity index is 348. The lowest BCUT2D eigenvalue weighted by Crippen LogP contribution is -2.73. The van der Waals surface area contributed by atoms with Gasteiger partial charge in [0, 0.05) is 6.20 Å². The van der Waals surface area contributed by atoms with Gasteiger partial charge in [-0.25, -0.2) is 4.68 Å². The largest absolute Gasteiger partial charge is 0.394 e. The van der Waals surface area contributed by atoms with Crippen LogP contribution in [-0.4, -0.2) is 21.2 Å². The van der Waals surface area contributed by atoms with Crippen LogP contribution in [0, 0.1) is 5.41 Å². The van der Waals surface area contributed by atoms with Crippen LogP contribution in [-0.2, 0) is 5.54 Å². The van der Waals surface area contributed by atoms with Crippen molar-refractivity contribution in [3.8, 4) is 0 Å². The van der Waals surface area contributed by atoms with E-state index in [0.717, 1.165) is 0 Å². The van der Waals surface area contributed by atoms with Gasteiger partial charge in [-0.2, -0.15) is 13.2 Å². The number of halogens is 3. The number of aromatic nitrogens is 3. The fraction of sp³-hybridized carbons (Fsp3) is 0.750. The first kappa shape index (κ1) is 8.26. The monoisotopic (exact) mass is 203 g/mol. The van der Waals surface area contributed by atoms with Crippen molar-refractivity contribution in [2.45, 2.75) is 31.0 Å². The van der Waals surface area contributed by atoms with Crippen molar-refractivity contribution in [3.05, 3.63) is 12.4 Å². The van der Waals surface area contributed by atoms with Crippen LogP contribution in [0.25, 0.3) is 0 Å². The van der Waals surface area contributed by atoms with Crippen molar-refractivity contribution >= 4 is 0 Å².